The van der Waals surface area contributed by atoms with E-state index >= 15 is 0 Å². The fourth-order valence-electron chi connectivity index (χ4n) is 8.86. The maximum atomic E-state index is 12.4. The van der Waals surface area contributed by atoms with E-state index in [9.17, 15) is 9.90 Å². The van der Waals surface area contributed by atoms with E-state index in [1.165, 1.54) is 45.3 Å². The van der Waals surface area contributed by atoms with Crippen molar-refractivity contribution in [3.05, 3.63) is 24.3 Å². The SMILES string of the molecule is C=C(/C=C\C(=O)OC)[C@H]1CC[C@]2(O)[C@@H]3CCC4CC(NCCN(C)C)CC[C@]4(C)[C@H]3CC[C@]12C. The van der Waals surface area contributed by atoms with E-state index in [1.807, 2.05) is 6.08 Å². The van der Waals surface area contributed by atoms with Crippen LogP contribution in [0.2, 0.25) is 0 Å². The smallest absolute Gasteiger partial charge is 0.330 e. The number of esters is 1. The van der Waals surface area contributed by atoms with Crippen molar-refractivity contribution in [2.24, 2.45) is 34.5 Å². The molecule has 192 valence electrons. The van der Waals surface area contributed by atoms with Gasteiger partial charge in [0.2, 0.25) is 0 Å². The van der Waals surface area contributed by atoms with E-state index in [2.05, 4.69) is 44.7 Å². The summed E-state index contributed by atoms with van der Waals surface area (Å²) in [5, 5.41) is 16.2. The Morgan fingerprint density at radius 2 is 1.85 bits per heavy atom. The van der Waals surface area contributed by atoms with Gasteiger partial charge in [0.25, 0.3) is 0 Å². The summed E-state index contributed by atoms with van der Waals surface area (Å²) in [4.78, 5) is 13.9. The molecule has 5 nitrogen and oxygen atoms in total. The number of fused-ring (bicyclic) bond motifs is 5. The van der Waals surface area contributed by atoms with Crippen LogP contribution in [0.4, 0.5) is 0 Å². The van der Waals surface area contributed by atoms with Crippen LogP contribution in [0.25, 0.3) is 0 Å². The predicted octanol–water partition coefficient (Wildman–Crippen LogP) is 4.57. The highest BCUT2D eigenvalue weighted by Gasteiger charge is 2.67. The van der Waals surface area contributed by atoms with Crippen LogP contribution in [0.5, 0.6) is 0 Å². The molecule has 34 heavy (non-hydrogen) atoms. The Morgan fingerprint density at radius 1 is 1.09 bits per heavy atom. The third-order valence-electron chi connectivity index (χ3n) is 10.9. The van der Waals surface area contributed by atoms with Gasteiger partial charge in [0.05, 0.1) is 12.7 Å². The van der Waals surface area contributed by atoms with E-state index in [1.54, 1.807) is 0 Å². The summed E-state index contributed by atoms with van der Waals surface area (Å²) < 4.78 is 4.76. The van der Waals surface area contributed by atoms with Crippen molar-refractivity contribution < 1.29 is 14.6 Å². The second-order valence-corrected chi connectivity index (χ2v) is 12.6. The summed E-state index contributed by atoms with van der Waals surface area (Å²) in [6.45, 7) is 11.3. The minimum absolute atomic E-state index is 0.167. The van der Waals surface area contributed by atoms with Crippen molar-refractivity contribution in [3.63, 3.8) is 0 Å². The molecule has 0 radical (unpaired) electrons. The Kier molecular flexibility index (Phi) is 7.40. The first-order valence-electron chi connectivity index (χ1n) is 13.6. The zero-order chi connectivity index (χ0) is 24.7. The molecule has 0 spiro atoms. The number of carbonyl (C=O) groups is 1. The zero-order valence-corrected chi connectivity index (χ0v) is 22.2. The molecule has 0 aromatic heterocycles. The molecule has 0 aromatic carbocycles. The molecule has 0 aromatic rings. The van der Waals surface area contributed by atoms with Gasteiger partial charge >= 0.3 is 5.97 Å². The van der Waals surface area contributed by atoms with Gasteiger partial charge in [-0.2, -0.15) is 0 Å². The molecule has 0 heterocycles. The second-order valence-electron chi connectivity index (χ2n) is 12.6. The highest BCUT2D eigenvalue weighted by molar-refractivity contribution is 5.82. The van der Waals surface area contributed by atoms with Crippen molar-refractivity contribution in [3.8, 4) is 0 Å². The number of methoxy groups -OCH3 is 1. The number of aliphatic hydroxyl groups is 1. The summed E-state index contributed by atoms with van der Waals surface area (Å²) in [6.07, 6.45) is 13.6. The Balaban J connectivity index is 1.47. The van der Waals surface area contributed by atoms with Crippen molar-refractivity contribution in [1.82, 2.24) is 10.2 Å². The zero-order valence-electron chi connectivity index (χ0n) is 22.2. The molecule has 4 fully saturated rings. The van der Waals surface area contributed by atoms with Crippen LogP contribution in [0.15, 0.2) is 24.3 Å². The number of carbonyl (C=O) groups excluding carboxylic acids is 1. The van der Waals surface area contributed by atoms with Gasteiger partial charge in [-0.05, 0) is 101 Å². The van der Waals surface area contributed by atoms with Crippen molar-refractivity contribution >= 4 is 5.97 Å². The number of rotatable bonds is 7. The Morgan fingerprint density at radius 3 is 2.56 bits per heavy atom. The van der Waals surface area contributed by atoms with Gasteiger partial charge in [-0.3, -0.25) is 0 Å². The fourth-order valence-corrected chi connectivity index (χ4v) is 8.86. The van der Waals surface area contributed by atoms with Gasteiger partial charge in [0.15, 0.2) is 0 Å². The Hall–Kier alpha value is -1.17. The summed E-state index contributed by atoms with van der Waals surface area (Å²) >= 11 is 0. The first-order valence-corrected chi connectivity index (χ1v) is 13.6. The largest absolute Gasteiger partial charge is 0.466 e. The monoisotopic (exact) mass is 472 g/mol. The van der Waals surface area contributed by atoms with Crippen LogP contribution >= 0.6 is 0 Å². The number of allylic oxidation sites excluding steroid dienone is 2. The molecule has 4 aliphatic carbocycles. The lowest BCUT2D eigenvalue weighted by molar-refractivity contribution is -0.204. The normalized spacial score (nSPS) is 43.9. The van der Waals surface area contributed by atoms with Crippen LogP contribution in [0, 0.1) is 34.5 Å². The van der Waals surface area contributed by atoms with Crippen LogP contribution in [0.1, 0.15) is 71.6 Å². The third kappa shape index (κ3) is 4.30. The molecule has 4 saturated carbocycles. The summed E-state index contributed by atoms with van der Waals surface area (Å²) in [6, 6.07) is 0.646. The van der Waals surface area contributed by atoms with E-state index < -0.39 is 5.60 Å². The van der Waals surface area contributed by atoms with Crippen LogP contribution in [-0.4, -0.2) is 61.9 Å². The van der Waals surface area contributed by atoms with Gasteiger partial charge in [0.1, 0.15) is 0 Å². The summed E-state index contributed by atoms with van der Waals surface area (Å²) in [7, 11) is 5.68. The van der Waals surface area contributed by atoms with E-state index in [0.29, 0.717) is 23.3 Å². The van der Waals surface area contributed by atoms with E-state index in [4.69, 9.17) is 4.74 Å². The molecule has 0 bridgehead atoms. The Labute approximate surface area is 207 Å². The molecule has 0 saturated heterocycles. The highest BCUT2D eigenvalue weighted by atomic mass is 16.5. The minimum atomic E-state index is -0.628. The van der Waals surface area contributed by atoms with Crippen LogP contribution in [-0.2, 0) is 9.53 Å². The number of likely N-dealkylation sites (N-methyl/N-ethyl adjacent to an activating group) is 1. The maximum Gasteiger partial charge on any atom is 0.330 e. The third-order valence-corrected chi connectivity index (χ3v) is 10.9. The average molecular weight is 473 g/mol. The summed E-state index contributed by atoms with van der Waals surface area (Å²) in [5.41, 5.74) is 0.517. The van der Waals surface area contributed by atoms with Crippen LogP contribution < -0.4 is 5.32 Å². The fraction of sp³-hybridized carbons (Fsp3) is 0.828. The lowest BCUT2D eigenvalue weighted by atomic mass is 9.43. The van der Waals surface area contributed by atoms with E-state index in [0.717, 1.165) is 50.3 Å². The molecule has 4 rings (SSSR count). The van der Waals surface area contributed by atoms with E-state index in [-0.39, 0.29) is 17.3 Å². The topological polar surface area (TPSA) is 61.8 Å². The first-order chi connectivity index (χ1) is 16.0. The molecule has 4 aliphatic rings. The Bertz CT molecular complexity index is 809. The van der Waals surface area contributed by atoms with Gasteiger partial charge < -0.3 is 20.1 Å². The van der Waals surface area contributed by atoms with Gasteiger partial charge in [-0.25, -0.2) is 4.79 Å². The quantitative estimate of drug-likeness (QED) is 0.323. The standard InChI is InChI=1S/C29H48N2O3/c1-20(7-10-26(32)34-6)23-13-16-29(33)25-9-8-21-19-22(30-17-18-31(4)5)11-14-27(21,2)24(25)12-15-28(23,29)3/h7,10,21-25,30,33H,1,8-9,11-19H2,2-6H3/b10-7-/t21?,22?,23-,24+,25-,27+,28-,29+/m1/s1. The lowest BCUT2D eigenvalue weighted by Gasteiger charge is -2.64. The average Bonchev–Trinajstić information content (AvgIpc) is 3.08. The van der Waals surface area contributed by atoms with Gasteiger partial charge in [-0.1, -0.05) is 32.1 Å². The van der Waals surface area contributed by atoms with Crippen LogP contribution in [0.3, 0.4) is 0 Å². The molecule has 2 N–H and O–H groups in total. The summed E-state index contributed by atoms with van der Waals surface area (Å²) in [5.74, 6) is 1.64. The van der Waals surface area contributed by atoms with Gasteiger partial charge in [-0.15, -0.1) is 0 Å². The first kappa shape index (κ1) is 25.9. The number of hydrogen-bond donors (Lipinski definition) is 2. The minimum Gasteiger partial charge on any atom is -0.466 e. The number of ether oxygens (including phenoxy) is 1. The molecule has 8 atom stereocenters. The van der Waals surface area contributed by atoms with Crippen molar-refractivity contribution in [1.29, 1.82) is 0 Å². The lowest BCUT2D eigenvalue weighted by Crippen LogP contribution is -2.62. The van der Waals surface area contributed by atoms with Crippen molar-refractivity contribution in [2.45, 2.75) is 83.3 Å². The molecule has 2 unspecified atom stereocenters. The molecule has 0 aliphatic heterocycles. The second kappa shape index (κ2) is 9.71. The molecular weight excluding hydrogens is 424 g/mol. The maximum absolute atomic E-state index is 12.4. The number of nitrogens with zero attached hydrogens (tertiary/aromatic N) is 1. The van der Waals surface area contributed by atoms with Crippen molar-refractivity contribution in [2.75, 3.05) is 34.3 Å². The van der Waals surface area contributed by atoms with Gasteiger partial charge in [0, 0.05) is 30.6 Å². The molecule has 5 heteroatoms. The highest BCUT2D eigenvalue weighted by Crippen LogP contribution is 2.69. The molecule has 0 amide bonds. The predicted molar refractivity (Wildman–Crippen MR) is 137 cm³/mol. The number of nitrogens with one attached hydrogen (secondary N) is 1. The molecular formula is C29H48N2O3. The number of hydrogen-bond acceptors (Lipinski definition) is 5.